The molecular formula is C15H18N2O2. The van der Waals surface area contributed by atoms with E-state index in [0.717, 1.165) is 47.9 Å². The first-order chi connectivity index (χ1) is 9.26. The van der Waals surface area contributed by atoms with Crippen LogP contribution >= 0.6 is 0 Å². The predicted molar refractivity (Wildman–Crippen MR) is 72.3 cm³/mol. The summed E-state index contributed by atoms with van der Waals surface area (Å²) in [6.07, 6.45) is 3.38. The van der Waals surface area contributed by atoms with E-state index in [1.807, 2.05) is 24.3 Å². The molecule has 0 spiro atoms. The van der Waals surface area contributed by atoms with Crippen LogP contribution in [-0.2, 0) is 19.3 Å². The van der Waals surface area contributed by atoms with Crippen molar-refractivity contribution in [2.45, 2.75) is 31.7 Å². The summed E-state index contributed by atoms with van der Waals surface area (Å²) in [5, 5.41) is 0. The van der Waals surface area contributed by atoms with Crippen molar-refractivity contribution in [3.8, 4) is 5.75 Å². The Kier molecular flexibility index (Phi) is 3.25. The third-order valence-electron chi connectivity index (χ3n) is 3.56. The molecule has 3 rings (SSSR count). The van der Waals surface area contributed by atoms with Crippen molar-refractivity contribution in [1.82, 2.24) is 4.98 Å². The Bertz CT molecular complexity index is 577. The topological polar surface area (TPSA) is 61.3 Å². The van der Waals surface area contributed by atoms with Gasteiger partial charge in [0.2, 0.25) is 0 Å². The van der Waals surface area contributed by atoms with Crippen LogP contribution in [0.2, 0.25) is 0 Å². The van der Waals surface area contributed by atoms with E-state index in [4.69, 9.17) is 14.9 Å². The molecule has 2 aromatic rings. The minimum Gasteiger partial charge on any atom is -0.496 e. The van der Waals surface area contributed by atoms with Gasteiger partial charge in [-0.2, -0.15) is 0 Å². The van der Waals surface area contributed by atoms with Crippen LogP contribution in [0.4, 0.5) is 0 Å². The lowest BCUT2D eigenvalue weighted by Crippen LogP contribution is -2.27. The van der Waals surface area contributed by atoms with Gasteiger partial charge in [0.25, 0.3) is 0 Å². The van der Waals surface area contributed by atoms with Gasteiger partial charge in [-0.25, -0.2) is 4.98 Å². The third kappa shape index (κ3) is 2.49. The molecule has 1 aliphatic carbocycles. The Morgan fingerprint density at radius 1 is 1.42 bits per heavy atom. The van der Waals surface area contributed by atoms with Crippen LogP contribution in [0.1, 0.15) is 29.3 Å². The van der Waals surface area contributed by atoms with Gasteiger partial charge in [-0.1, -0.05) is 18.2 Å². The highest BCUT2D eigenvalue weighted by Gasteiger charge is 2.22. The molecule has 0 radical (unpaired) electrons. The Morgan fingerprint density at radius 2 is 2.26 bits per heavy atom. The van der Waals surface area contributed by atoms with E-state index in [1.165, 1.54) is 0 Å². The van der Waals surface area contributed by atoms with E-state index in [9.17, 15) is 0 Å². The molecule has 0 bridgehead atoms. The molecule has 4 heteroatoms. The Hall–Kier alpha value is -1.81. The average Bonchev–Trinajstić information content (AvgIpc) is 2.80. The highest BCUT2D eigenvalue weighted by molar-refractivity contribution is 5.35. The number of oxazole rings is 1. The molecule has 1 heterocycles. The van der Waals surface area contributed by atoms with Crippen molar-refractivity contribution in [3.63, 3.8) is 0 Å². The van der Waals surface area contributed by atoms with Crippen LogP contribution in [0.15, 0.2) is 28.7 Å². The molecule has 1 aliphatic rings. The molecule has 2 N–H and O–H groups in total. The molecule has 0 saturated carbocycles. The van der Waals surface area contributed by atoms with Gasteiger partial charge in [0.15, 0.2) is 5.89 Å². The molecule has 1 aromatic heterocycles. The summed E-state index contributed by atoms with van der Waals surface area (Å²) in [5.74, 6) is 2.59. The van der Waals surface area contributed by atoms with E-state index in [1.54, 1.807) is 7.11 Å². The molecule has 1 aromatic carbocycles. The fourth-order valence-corrected chi connectivity index (χ4v) is 2.54. The molecule has 0 aliphatic heterocycles. The van der Waals surface area contributed by atoms with Crippen molar-refractivity contribution in [3.05, 3.63) is 47.2 Å². The zero-order chi connectivity index (χ0) is 13.2. The molecule has 0 amide bonds. The second kappa shape index (κ2) is 5.05. The van der Waals surface area contributed by atoms with E-state index in [2.05, 4.69) is 4.98 Å². The summed E-state index contributed by atoms with van der Waals surface area (Å²) in [4.78, 5) is 4.58. The standard InChI is InChI=1S/C15H18N2O2/c1-18-13-5-3-2-4-10(13)8-15-17-12-7-6-11(16)9-14(12)19-15/h2-5,11H,6-9,16H2,1H3. The zero-order valence-electron chi connectivity index (χ0n) is 11.1. The average molecular weight is 258 g/mol. The van der Waals surface area contributed by atoms with Gasteiger partial charge in [-0.05, 0) is 18.9 Å². The van der Waals surface area contributed by atoms with E-state index < -0.39 is 0 Å². The molecule has 0 saturated heterocycles. The van der Waals surface area contributed by atoms with Crippen LogP contribution in [0, 0.1) is 0 Å². The lowest BCUT2D eigenvalue weighted by atomic mass is 9.98. The first-order valence-electron chi connectivity index (χ1n) is 6.61. The van der Waals surface area contributed by atoms with Crippen LogP contribution in [0.25, 0.3) is 0 Å². The summed E-state index contributed by atoms with van der Waals surface area (Å²) in [6, 6.07) is 8.15. The highest BCUT2D eigenvalue weighted by Crippen LogP contribution is 2.25. The van der Waals surface area contributed by atoms with Gasteiger partial charge in [-0.15, -0.1) is 0 Å². The second-order valence-corrected chi connectivity index (χ2v) is 4.97. The molecule has 0 fully saturated rings. The largest absolute Gasteiger partial charge is 0.496 e. The van der Waals surface area contributed by atoms with Crippen molar-refractivity contribution in [1.29, 1.82) is 0 Å². The van der Waals surface area contributed by atoms with Gasteiger partial charge in [-0.3, -0.25) is 0 Å². The normalized spacial score (nSPS) is 18.1. The van der Waals surface area contributed by atoms with Gasteiger partial charge in [0.1, 0.15) is 11.5 Å². The predicted octanol–water partition coefficient (Wildman–Crippen LogP) is 2.09. The zero-order valence-corrected chi connectivity index (χ0v) is 11.1. The summed E-state index contributed by atoms with van der Waals surface area (Å²) in [6.45, 7) is 0. The fraction of sp³-hybridized carbons (Fsp3) is 0.400. The number of nitrogens with two attached hydrogens (primary N) is 1. The smallest absolute Gasteiger partial charge is 0.199 e. The number of benzene rings is 1. The van der Waals surface area contributed by atoms with Crippen LogP contribution in [0.3, 0.4) is 0 Å². The number of hydrogen-bond donors (Lipinski definition) is 1. The van der Waals surface area contributed by atoms with Crippen molar-refractivity contribution >= 4 is 0 Å². The van der Waals surface area contributed by atoms with E-state index >= 15 is 0 Å². The summed E-state index contributed by atoms with van der Waals surface area (Å²) in [5.41, 5.74) is 8.12. The molecule has 19 heavy (non-hydrogen) atoms. The lowest BCUT2D eigenvalue weighted by molar-refractivity contribution is 0.403. The first kappa shape index (κ1) is 12.2. The number of aryl methyl sites for hydroxylation is 1. The van der Waals surface area contributed by atoms with E-state index in [-0.39, 0.29) is 6.04 Å². The minimum absolute atomic E-state index is 0.208. The number of methoxy groups -OCH3 is 1. The molecule has 1 atom stereocenters. The lowest BCUT2D eigenvalue weighted by Gasteiger charge is -2.14. The Balaban J connectivity index is 1.84. The molecular weight excluding hydrogens is 240 g/mol. The second-order valence-electron chi connectivity index (χ2n) is 4.97. The van der Waals surface area contributed by atoms with Crippen LogP contribution in [-0.4, -0.2) is 18.1 Å². The van der Waals surface area contributed by atoms with Crippen molar-refractivity contribution in [2.24, 2.45) is 5.73 Å². The van der Waals surface area contributed by atoms with Crippen molar-refractivity contribution in [2.75, 3.05) is 7.11 Å². The third-order valence-corrected chi connectivity index (χ3v) is 3.56. The number of hydrogen-bond acceptors (Lipinski definition) is 4. The molecule has 1 unspecified atom stereocenters. The molecule has 100 valence electrons. The first-order valence-corrected chi connectivity index (χ1v) is 6.61. The van der Waals surface area contributed by atoms with Crippen LogP contribution < -0.4 is 10.5 Å². The SMILES string of the molecule is COc1ccccc1Cc1nc2c(o1)CC(N)CC2. The number of aromatic nitrogens is 1. The van der Waals surface area contributed by atoms with Crippen molar-refractivity contribution < 1.29 is 9.15 Å². The quantitative estimate of drug-likeness (QED) is 0.915. The Labute approximate surface area is 112 Å². The van der Waals surface area contributed by atoms with Gasteiger partial charge >= 0.3 is 0 Å². The summed E-state index contributed by atoms with van der Waals surface area (Å²) in [7, 11) is 1.68. The maximum Gasteiger partial charge on any atom is 0.199 e. The summed E-state index contributed by atoms with van der Waals surface area (Å²) >= 11 is 0. The van der Waals surface area contributed by atoms with E-state index in [0.29, 0.717) is 6.42 Å². The summed E-state index contributed by atoms with van der Waals surface area (Å²) < 4.78 is 11.2. The number of ether oxygens (including phenoxy) is 1. The number of nitrogens with zero attached hydrogens (tertiary/aromatic N) is 1. The Morgan fingerprint density at radius 3 is 3.11 bits per heavy atom. The maximum atomic E-state index is 5.95. The number of para-hydroxylation sites is 1. The highest BCUT2D eigenvalue weighted by atomic mass is 16.5. The van der Waals surface area contributed by atoms with Gasteiger partial charge in [0, 0.05) is 18.0 Å². The number of fused-ring (bicyclic) bond motifs is 1. The monoisotopic (exact) mass is 258 g/mol. The molecule has 4 nitrogen and oxygen atoms in total. The van der Waals surface area contributed by atoms with Crippen LogP contribution in [0.5, 0.6) is 5.75 Å². The van der Waals surface area contributed by atoms with Gasteiger partial charge < -0.3 is 14.9 Å². The van der Waals surface area contributed by atoms with Gasteiger partial charge in [0.05, 0.1) is 19.2 Å². The maximum absolute atomic E-state index is 5.95. The minimum atomic E-state index is 0.208. The number of rotatable bonds is 3. The fourth-order valence-electron chi connectivity index (χ4n) is 2.54.